The van der Waals surface area contributed by atoms with Crippen molar-refractivity contribution in [3.8, 4) is 0 Å². The standard InChI is InChI=1S/C17H25NO2/c1-3-4-10-17(19)18-12-14(2)20-16(13-18)11-15-8-6-5-7-9-15/h5-9,14,16H,3-4,10-13H2,1-2H3. The minimum Gasteiger partial charge on any atom is -0.371 e. The Hall–Kier alpha value is -1.35. The highest BCUT2D eigenvalue weighted by Crippen LogP contribution is 2.17. The summed E-state index contributed by atoms with van der Waals surface area (Å²) in [4.78, 5) is 14.2. The Labute approximate surface area is 121 Å². The van der Waals surface area contributed by atoms with Gasteiger partial charge in [-0.3, -0.25) is 4.79 Å². The van der Waals surface area contributed by atoms with E-state index in [1.807, 2.05) is 23.1 Å². The van der Waals surface area contributed by atoms with Crippen molar-refractivity contribution in [2.75, 3.05) is 13.1 Å². The highest BCUT2D eigenvalue weighted by molar-refractivity contribution is 5.76. The van der Waals surface area contributed by atoms with Crippen LogP contribution >= 0.6 is 0 Å². The lowest BCUT2D eigenvalue weighted by atomic mass is 10.1. The molecule has 2 rings (SSSR count). The smallest absolute Gasteiger partial charge is 0.222 e. The van der Waals surface area contributed by atoms with E-state index in [1.54, 1.807) is 0 Å². The Morgan fingerprint density at radius 1 is 1.30 bits per heavy atom. The minimum atomic E-state index is 0.117. The highest BCUT2D eigenvalue weighted by atomic mass is 16.5. The zero-order valence-corrected chi connectivity index (χ0v) is 12.5. The summed E-state index contributed by atoms with van der Waals surface area (Å²) in [6.07, 6.45) is 3.84. The van der Waals surface area contributed by atoms with Gasteiger partial charge in [0.15, 0.2) is 0 Å². The molecular weight excluding hydrogens is 250 g/mol. The molecule has 1 fully saturated rings. The maximum absolute atomic E-state index is 12.2. The van der Waals surface area contributed by atoms with Crippen LogP contribution < -0.4 is 0 Å². The Kier molecular flexibility index (Phi) is 5.60. The number of nitrogens with zero attached hydrogens (tertiary/aromatic N) is 1. The molecule has 1 heterocycles. The van der Waals surface area contributed by atoms with Gasteiger partial charge in [0, 0.05) is 25.9 Å². The third-order valence-electron chi connectivity index (χ3n) is 3.73. The number of amides is 1. The molecule has 1 aromatic rings. The van der Waals surface area contributed by atoms with Gasteiger partial charge in [0.1, 0.15) is 0 Å². The van der Waals surface area contributed by atoms with E-state index in [9.17, 15) is 4.79 Å². The first-order valence-electron chi connectivity index (χ1n) is 7.66. The molecule has 0 aliphatic carbocycles. The Morgan fingerprint density at radius 3 is 2.75 bits per heavy atom. The summed E-state index contributed by atoms with van der Waals surface area (Å²) in [6.45, 7) is 5.63. The van der Waals surface area contributed by atoms with Crippen LogP contribution in [0.5, 0.6) is 0 Å². The van der Waals surface area contributed by atoms with Crippen LogP contribution in [-0.2, 0) is 16.0 Å². The topological polar surface area (TPSA) is 29.5 Å². The Balaban J connectivity index is 1.92. The van der Waals surface area contributed by atoms with Gasteiger partial charge in [-0.25, -0.2) is 0 Å². The van der Waals surface area contributed by atoms with Crippen molar-refractivity contribution in [1.29, 1.82) is 0 Å². The predicted octanol–water partition coefficient (Wildman–Crippen LogP) is 3.04. The molecule has 2 unspecified atom stereocenters. The van der Waals surface area contributed by atoms with E-state index < -0.39 is 0 Å². The van der Waals surface area contributed by atoms with Gasteiger partial charge in [-0.1, -0.05) is 43.7 Å². The average molecular weight is 275 g/mol. The molecule has 0 saturated carbocycles. The lowest BCUT2D eigenvalue weighted by Crippen LogP contribution is -2.49. The summed E-state index contributed by atoms with van der Waals surface area (Å²) < 4.78 is 5.98. The van der Waals surface area contributed by atoms with Crippen LogP contribution in [0.25, 0.3) is 0 Å². The fraction of sp³-hybridized carbons (Fsp3) is 0.588. The largest absolute Gasteiger partial charge is 0.371 e. The summed E-state index contributed by atoms with van der Waals surface area (Å²) in [5, 5.41) is 0. The predicted molar refractivity (Wildman–Crippen MR) is 80.6 cm³/mol. The first-order chi connectivity index (χ1) is 9.69. The van der Waals surface area contributed by atoms with Crippen molar-refractivity contribution in [3.63, 3.8) is 0 Å². The van der Waals surface area contributed by atoms with Crippen LogP contribution in [0.2, 0.25) is 0 Å². The zero-order chi connectivity index (χ0) is 14.4. The number of morpholine rings is 1. The summed E-state index contributed by atoms with van der Waals surface area (Å²) in [5.41, 5.74) is 1.27. The molecule has 3 heteroatoms. The maximum atomic E-state index is 12.2. The van der Waals surface area contributed by atoms with Gasteiger partial charge >= 0.3 is 0 Å². The van der Waals surface area contributed by atoms with Crippen molar-refractivity contribution >= 4 is 5.91 Å². The third kappa shape index (κ3) is 4.34. The van der Waals surface area contributed by atoms with Crippen molar-refractivity contribution < 1.29 is 9.53 Å². The van der Waals surface area contributed by atoms with Crippen molar-refractivity contribution in [3.05, 3.63) is 35.9 Å². The number of carbonyl (C=O) groups is 1. The van der Waals surface area contributed by atoms with E-state index in [4.69, 9.17) is 4.74 Å². The first-order valence-corrected chi connectivity index (χ1v) is 7.66. The molecule has 1 amide bonds. The number of benzene rings is 1. The van der Waals surface area contributed by atoms with Crippen LogP contribution in [0.3, 0.4) is 0 Å². The van der Waals surface area contributed by atoms with E-state index in [0.29, 0.717) is 6.42 Å². The van der Waals surface area contributed by atoms with E-state index in [2.05, 4.69) is 26.0 Å². The van der Waals surface area contributed by atoms with Crippen LogP contribution in [-0.4, -0.2) is 36.1 Å². The minimum absolute atomic E-state index is 0.117. The van der Waals surface area contributed by atoms with E-state index in [0.717, 1.165) is 32.4 Å². The normalized spacial score (nSPS) is 22.8. The van der Waals surface area contributed by atoms with Gasteiger partial charge < -0.3 is 9.64 Å². The molecule has 1 aliphatic heterocycles. The van der Waals surface area contributed by atoms with Crippen molar-refractivity contribution in [2.45, 2.75) is 51.7 Å². The van der Waals surface area contributed by atoms with Gasteiger partial charge in [-0.2, -0.15) is 0 Å². The molecule has 2 atom stereocenters. The molecule has 0 N–H and O–H groups in total. The molecule has 1 aromatic carbocycles. The molecule has 1 saturated heterocycles. The summed E-state index contributed by atoms with van der Waals surface area (Å²) in [6, 6.07) is 10.4. The fourth-order valence-electron chi connectivity index (χ4n) is 2.72. The van der Waals surface area contributed by atoms with Crippen molar-refractivity contribution in [2.24, 2.45) is 0 Å². The van der Waals surface area contributed by atoms with Gasteiger partial charge in [0.25, 0.3) is 0 Å². The second kappa shape index (κ2) is 7.44. The number of rotatable bonds is 5. The number of carbonyl (C=O) groups excluding carboxylic acids is 1. The SMILES string of the molecule is CCCCC(=O)N1CC(C)OC(Cc2ccccc2)C1. The molecule has 1 aliphatic rings. The van der Waals surface area contributed by atoms with Gasteiger partial charge in [-0.05, 0) is 18.9 Å². The summed E-state index contributed by atoms with van der Waals surface area (Å²) >= 11 is 0. The number of hydrogen-bond donors (Lipinski definition) is 0. The molecule has 0 radical (unpaired) electrons. The number of hydrogen-bond acceptors (Lipinski definition) is 2. The lowest BCUT2D eigenvalue weighted by Gasteiger charge is -2.37. The second-order valence-electron chi connectivity index (χ2n) is 5.66. The van der Waals surface area contributed by atoms with Crippen LogP contribution in [0.1, 0.15) is 38.7 Å². The molecule has 20 heavy (non-hydrogen) atoms. The quantitative estimate of drug-likeness (QED) is 0.826. The van der Waals surface area contributed by atoms with Gasteiger partial charge in [0.05, 0.1) is 12.2 Å². The third-order valence-corrected chi connectivity index (χ3v) is 3.73. The average Bonchev–Trinajstić information content (AvgIpc) is 2.45. The maximum Gasteiger partial charge on any atom is 0.222 e. The summed E-state index contributed by atoms with van der Waals surface area (Å²) in [5.74, 6) is 0.278. The van der Waals surface area contributed by atoms with E-state index in [-0.39, 0.29) is 18.1 Å². The Bertz CT molecular complexity index is 418. The molecule has 0 bridgehead atoms. The van der Waals surface area contributed by atoms with E-state index in [1.165, 1.54) is 5.56 Å². The van der Waals surface area contributed by atoms with Gasteiger partial charge in [0.2, 0.25) is 5.91 Å². The first kappa shape index (κ1) is 15.0. The molecule has 0 spiro atoms. The van der Waals surface area contributed by atoms with Crippen LogP contribution in [0.4, 0.5) is 0 Å². The molecular formula is C17H25NO2. The highest BCUT2D eigenvalue weighted by Gasteiger charge is 2.27. The van der Waals surface area contributed by atoms with E-state index >= 15 is 0 Å². The van der Waals surface area contributed by atoms with Gasteiger partial charge in [-0.15, -0.1) is 0 Å². The lowest BCUT2D eigenvalue weighted by molar-refractivity contribution is -0.144. The molecule has 110 valence electrons. The Morgan fingerprint density at radius 2 is 2.05 bits per heavy atom. The zero-order valence-electron chi connectivity index (χ0n) is 12.5. The summed E-state index contributed by atoms with van der Waals surface area (Å²) in [7, 11) is 0. The molecule has 0 aromatic heterocycles. The number of unbranched alkanes of at least 4 members (excludes halogenated alkanes) is 1. The molecule has 3 nitrogen and oxygen atoms in total. The second-order valence-corrected chi connectivity index (χ2v) is 5.66. The van der Waals surface area contributed by atoms with Crippen molar-refractivity contribution in [1.82, 2.24) is 4.90 Å². The fourth-order valence-corrected chi connectivity index (χ4v) is 2.72. The number of ether oxygens (including phenoxy) is 1. The van der Waals surface area contributed by atoms with Crippen LogP contribution in [0.15, 0.2) is 30.3 Å². The monoisotopic (exact) mass is 275 g/mol. The van der Waals surface area contributed by atoms with Crippen LogP contribution in [0, 0.1) is 0 Å².